The summed E-state index contributed by atoms with van der Waals surface area (Å²) in [4.78, 5) is 0. The highest BCUT2D eigenvalue weighted by atomic mass is 16.8. The maximum Gasteiger partial charge on any atom is 0.187 e. The van der Waals surface area contributed by atoms with Crippen LogP contribution in [0.5, 0.6) is 0 Å². The van der Waals surface area contributed by atoms with Crippen LogP contribution in [0.4, 0.5) is 0 Å². The maximum atomic E-state index is 11.3. The number of aliphatic hydroxyl groups excluding tert-OH is 19. The lowest BCUT2D eigenvalue weighted by atomic mass is 9.95. The molecule has 32 heteroatoms. The highest BCUT2D eigenvalue weighted by Crippen LogP contribution is 2.37. The molecule has 0 aromatic rings. The minimum Gasteiger partial charge on any atom is -0.394 e. The second-order valence-electron chi connectivity index (χ2n) is 18.5. The van der Waals surface area contributed by atoms with E-state index < -0.39 is 224 Å². The lowest BCUT2D eigenvalue weighted by Crippen LogP contribution is -2.68. The minimum atomic E-state index is -2.17. The van der Waals surface area contributed by atoms with Crippen LogP contribution in [-0.4, -0.2) is 334 Å². The molecule has 0 bridgehead atoms. The van der Waals surface area contributed by atoms with Crippen LogP contribution < -0.4 is 5.73 Å². The standard InChI is InChI=1S/C41H73NO31/c42-4-2-1-3-5-62-36-26(57)20(51)31(13(7-44)64-36)70-38-28(59)22(53)33(15(9-46)66-38)72-40-30(61)24(55)35(17(11-48)68-40)73-41-29(60)23(54)34(16(10-47)67-41)71-39-27(58)21(52)32(14(8-45)65-39)69-37-25(56)19(50)18(49)12(6-43)63-37/h12-41,43-61H,1-11,42H2/t12?,13?,14?,15?,16?,17?,18-,19+,20-,21-,22-,23-,24-,25?,26?,27?,28?,29?,30?,31-,32-,33-,34-,35+,36-,37+,38+,39+,40-,41-/m1/s1. The van der Waals surface area contributed by atoms with Crippen molar-refractivity contribution in [3.05, 3.63) is 0 Å². The van der Waals surface area contributed by atoms with E-state index in [9.17, 15) is 97.0 Å². The largest absolute Gasteiger partial charge is 0.394 e. The Labute approximate surface area is 415 Å². The van der Waals surface area contributed by atoms with Gasteiger partial charge in [0.1, 0.15) is 146 Å². The Hall–Kier alpha value is -1.28. The van der Waals surface area contributed by atoms with Gasteiger partial charge in [-0.1, -0.05) is 0 Å². The number of nitrogens with two attached hydrogens (primary N) is 1. The zero-order chi connectivity index (χ0) is 53.6. The van der Waals surface area contributed by atoms with Crippen LogP contribution in [-0.2, 0) is 56.8 Å². The van der Waals surface area contributed by atoms with Gasteiger partial charge in [0.2, 0.25) is 0 Å². The molecule has 428 valence electrons. The number of hydrogen-bond acceptors (Lipinski definition) is 32. The van der Waals surface area contributed by atoms with Crippen LogP contribution >= 0.6 is 0 Å². The fourth-order valence-electron chi connectivity index (χ4n) is 9.27. The predicted molar refractivity (Wildman–Crippen MR) is 226 cm³/mol. The van der Waals surface area contributed by atoms with E-state index in [1.165, 1.54) is 0 Å². The molecule has 30 atom stereocenters. The third-order valence-corrected chi connectivity index (χ3v) is 13.5. The van der Waals surface area contributed by atoms with Gasteiger partial charge in [-0.2, -0.15) is 0 Å². The van der Waals surface area contributed by atoms with Crippen LogP contribution in [0.15, 0.2) is 0 Å². The molecule has 6 heterocycles. The van der Waals surface area contributed by atoms with Crippen molar-refractivity contribution < 1.29 is 154 Å². The molecule has 0 aliphatic carbocycles. The molecule has 0 amide bonds. The summed E-state index contributed by atoms with van der Waals surface area (Å²) in [6.45, 7) is -4.97. The molecule has 6 fully saturated rings. The van der Waals surface area contributed by atoms with Gasteiger partial charge in [0.05, 0.1) is 39.6 Å². The lowest BCUT2D eigenvalue weighted by Gasteiger charge is -2.50. The van der Waals surface area contributed by atoms with Crippen LogP contribution in [0.3, 0.4) is 0 Å². The molecule has 0 radical (unpaired) electrons. The van der Waals surface area contributed by atoms with Crippen LogP contribution in [0.25, 0.3) is 0 Å². The van der Waals surface area contributed by atoms with Crippen molar-refractivity contribution in [2.24, 2.45) is 5.73 Å². The third-order valence-electron chi connectivity index (χ3n) is 13.5. The van der Waals surface area contributed by atoms with Crippen molar-refractivity contribution in [1.82, 2.24) is 0 Å². The van der Waals surface area contributed by atoms with Crippen molar-refractivity contribution in [3.63, 3.8) is 0 Å². The summed E-state index contributed by atoms with van der Waals surface area (Å²) in [5.41, 5.74) is 5.49. The van der Waals surface area contributed by atoms with Crippen molar-refractivity contribution in [3.8, 4) is 0 Å². The number of aliphatic hydroxyl groups is 19. The Morgan fingerprint density at radius 1 is 0.274 bits per heavy atom. The quantitative estimate of drug-likeness (QED) is 0.0448. The molecule has 32 nitrogen and oxygen atoms in total. The fraction of sp³-hybridized carbons (Fsp3) is 1.00. The van der Waals surface area contributed by atoms with E-state index in [-0.39, 0.29) is 6.61 Å². The van der Waals surface area contributed by atoms with Gasteiger partial charge in [-0.15, -0.1) is 0 Å². The minimum absolute atomic E-state index is 0.123. The first kappa shape index (κ1) is 60.9. The van der Waals surface area contributed by atoms with Crippen molar-refractivity contribution >= 4 is 0 Å². The Morgan fingerprint density at radius 3 is 0.795 bits per heavy atom. The van der Waals surface area contributed by atoms with Crippen molar-refractivity contribution in [2.45, 2.75) is 203 Å². The van der Waals surface area contributed by atoms with Crippen molar-refractivity contribution in [1.29, 1.82) is 0 Å². The molecule has 0 spiro atoms. The molecule has 21 N–H and O–H groups in total. The van der Waals surface area contributed by atoms with Gasteiger partial charge in [-0.3, -0.25) is 0 Å². The number of rotatable bonds is 22. The second-order valence-corrected chi connectivity index (χ2v) is 18.5. The second kappa shape index (κ2) is 27.5. The van der Waals surface area contributed by atoms with Gasteiger partial charge in [-0.05, 0) is 25.8 Å². The third kappa shape index (κ3) is 13.4. The molecule has 6 aliphatic rings. The Bertz CT molecular complexity index is 1610. The highest BCUT2D eigenvalue weighted by Gasteiger charge is 2.57. The topological polar surface area (TPSA) is 521 Å². The van der Waals surface area contributed by atoms with Gasteiger partial charge in [-0.25, -0.2) is 0 Å². The molecular weight excluding hydrogens is 1000 g/mol. The van der Waals surface area contributed by atoms with Gasteiger partial charge in [0.15, 0.2) is 37.7 Å². The summed E-state index contributed by atoms with van der Waals surface area (Å²) in [7, 11) is 0. The SMILES string of the molecule is NCCCCCO[C@@H]1OC(CO)[C@@H](O[C@@H]2OC(CO)[C@@H](O[C@H]3OC(CO)[C@H](O[C@H]4OC(CO)[C@@H](O[C@@H]5OC(CO)[C@@H](O[C@@H]6OC(CO)[C@@H](O)[C@H](O)C6O)[C@H](O)C5O)[C@H](O)C4O)[C@H](O)C3O)[C@H](O)C2O)[C@H](O)C1O. The number of unbranched alkanes of at least 4 members (excludes halogenated alkanes) is 2. The average molecular weight is 1080 g/mol. The molecule has 0 aromatic carbocycles. The Balaban J connectivity index is 1.05. The average Bonchev–Trinajstić information content (AvgIpc) is 3.38. The predicted octanol–water partition coefficient (Wildman–Crippen LogP) is -12.9. The molecular formula is C41H73NO31. The van der Waals surface area contributed by atoms with Crippen LogP contribution in [0.2, 0.25) is 0 Å². The fourth-order valence-corrected chi connectivity index (χ4v) is 9.27. The number of hydrogen-bond donors (Lipinski definition) is 20. The van der Waals surface area contributed by atoms with Gasteiger partial charge in [0.25, 0.3) is 0 Å². The first-order valence-corrected chi connectivity index (χ1v) is 23.8. The number of ether oxygens (including phenoxy) is 12. The molecule has 6 rings (SSSR count). The van der Waals surface area contributed by atoms with E-state index in [1.807, 2.05) is 0 Å². The van der Waals surface area contributed by atoms with E-state index in [4.69, 9.17) is 62.6 Å². The lowest BCUT2D eigenvalue weighted by molar-refractivity contribution is -0.396. The summed E-state index contributed by atoms with van der Waals surface area (Å²) in [5, 5.41) is 202. The first-order valence-electron chi connectivity index (χ1n) is 23.8. The maximum absolute atomic E-state index is 11.3. The van der Waals surface area contributed by atoms with E-state index in [0.717, 1.165) is 12.8 Å². The van der Waals surface area contributed by atoms with Crippen LogP contribution in [0.1, 0.15) is 19.3 Å². The van der Waals surface area contributed by atoms with Gasteiger partial charge < -0.3 is 160 Å². The van der Waals surface area contributed by atoms with E-state index in [1.54, 1.807) is 0 Å². The van der Waals surface area contributed by atoms with E-state index in [0.29, 0.717) is 13.0 Å². The Kier molecular flexibility index (Phi) is 23.0. The summed E-state index contributed by atoms with van der Waals surface area (Å²) < 4.78 is 67.2. The highest BCUT2D eigenvalue weighted by molar-refractivity contribution is 5.00. The molecule has 12 unspecified atom stereocenters. The molecule has 0 aromatic heterocycles. The first-order chi connectivity index (χ1) is 34.8. The smallest absolute Gasteiger partial charge is 0.187 e. The zero-order valence-electron chi connectivity index (χ0n) is 39.1. The summed E-state index contributed by atoms with van der Waals surface area (Å²) in [6.07, 6.45) is -53.3. The molecule has 73 heavy (non-hydrogen) atoms. The van der Waals surface area contributed by atoms with Gasteiger partial charge >= 0.3 is 0 Å². The van der Waals surface area contributed by atoms with Crippen LogP contribution in [0, 0.1) is 0 Å². The normalized spacial score (nSPS) is 50.0. The molecule has 6 aliphatic heterocycles. The summed E-state index contributed by atoms with van der Waals surface area (Å²) in [6, 6.07) is 0. The van der Waals surface area contributed by atoms with E-state index in [2.05, 4.69) is 0 Å². The monoisotopic (exact) mass is 1080 g/mol. The van der Waals surface area contributed by atoms with Gasteiger partial charge in [0, 0.05) is 6.61 Å². The summed E-state index contributed by atoms with van der Waals surface area (Å²) >= 11 is 0. The zero-order valence-corrected chi connectivity index (χ0v) is 39.1. The molecule has 6 saturated heterocycles. The van der Waals surface area contributed by atoms with E-state index >= 15 is 0 Å². The Morgan fingerprint density at radius 2 is 0.521 bits per heavy atom. The van der Waals surface area contributed by atoms with Crippen molar-refractivity contribution in [2.75, 3.05) is 52.8 Å². The summed E-state index contributed by atoms with van der Waals surface area (Å²) in [5.74, 6) is 0. The molecule has 0 saturated carbocycles.